The lowest BCUT2D eigenvalue weighted by Gasteiger charge is -2.18. The van der Waals surface area contributed by atoms with Crippen LogP contribution in [-0.4, -0.2) is 5.78 Å². The molecule has 0 fully saturated rings. The Hall–Kier alpha value is -1.22. The SMILES string of the molecule is Cl.Nc1ccc(N)c2c1CCCC2=O. The zero-order valence-electron chi connectivity index (χ0n) is 7.75. The Kier molecular flexibility index (Phi) is 3.01. The van der Waals surface area contributed by atoms with Gasteiger partial charge in [0, 0.05) is 23.4 Å². The highest BCUT2D eigenvalue weighted by molar-refractivity contribution is 6.04. The number of rotatable bonds is 0. The molecule has 1 aliphatic rings. The topological polar surface area (TPSA) is 69.1 Å². The molecule has 3 nitrogen and oxygen atoms in total. The number of Topliss-reactive ketones (excluding diaryl/α,β-unsaturated/α-hetero) is 1. The van der Waals surface area contributed by atoms with Gasteiger partial charge in [-0.15, -0.1) is 12.4 Å². The van der Waals surface area contributed by atoms with E-state index < -0.39 is 0 Å². The van der Waals surface area contributed by atoms with E-state index in [1.165, 1.54) is 0 Å². The fourth-order valence-electron chi connectivity index (χ4n) is 1.83. The Morgan fingerprint density at radius 2 is 1.71 bits per heavy atom. The fraction of sp³-hybridized carbons (Fsp3) is 0.300. The monoisotopic (exact) mass is 212 g/mol. The van der Waals surface area contributed by atoms with E-state index in [9.17, 15) is 4.79 Å². The van der Waals surface area contributed by atoms with Crippen molar-refractivity contribution < 1.29 is 4.79 Å². The van der Waals surface area contributed by atoms with Crippen LogP contribution in [0.3, 0.4) is 0 Å². The third-order valence-corrected chi connectivity index (χ3v) is 2.49. The zero-order valence-corrected chi connectivity index (χ0v) is 8.56. The Morgan fingerprint density at radius 3 is 2.36 bits per heavy atom. The highest BCUT2D eigenvalue weighted by atomic mass is 35.5. The van der Waals surface area contributed by atoms with Gasteiger partial charge in [0.2, 0.25) is 0 Å². The Balaban J connectivity index is 0.000000980. The molecule has 1 aliphatic carbocycles. The molecule has 2 rings (SSSR count). The molecule has 0 bridgehead atoms. The van der Waals surface area contributed by atoms with E-state index in [0.717, 1.165) is 18.4 Å². The molecule has 0 saturated heterocycles. The van der Waals surface area contributed by atoms with Gasteiger partial charge in [-0.05, 0) is 30.5 Å². The van der Waals surface area contributed by atoms with Crippen molar-refractivity contribution in [2.75, 3.05) is 11.5 Å². The minimum absolute atomic E-state index is 0. The summed E-state index contributed by atoms with van der Waals surface area (Å²) in [5.41, 5.74) is 14.3. The smallest absolute Gasteiger partial charge is 0.165 e. The lowest BCUT2D eigenvalue weighted by molar-refractivity contribution is 0.0973. The third-order valence-electron chi connectivity index (χ3n) is 2.49. The molecule has 1 aromatic rings. The molecule has 0 spiro atoms. The Morgan fingerprint density at radius 1 is 1.07 bits per heavy atom. The van der Waals surface area contributed by atoms with E-state index in [4.69, 9.17) is 11.5 Å². The Labute approximate surface area is 88.9 Å². The van der Waals surface area contributed by atoms with E-state index >= 15 is 0 Å². The quantitative estimate of drug-likeness (QED) is 0.645. The molecule has 0 saturated carbocycles. The second-order valence-corrected chi connectivity index (χ2v) is 3.37. The third kappa shape index (κ3) is 1.55. The lowest BCUT2D eigenvalue weighted by Crippen LogP contribution is -2.15. The van der Waals surface area contributed by atoms with Gasteiger partial charge in [-0.2, -0.15) is 0 Å². The maximum atomic E-state index is 11.5. The molecule has 4 heteroatoms. The molecule has 0 amide bonds. The first-order valence-electron chi connectivity index (χ1n) is 4.40. The van der Waals surface area contributed by atoms with E-state index in [1.54, 1.807) is 12.1 Å². The van der Waals surface area contributed by atoms with Gasteiger partial charge in [-0.25, -0.2) is 0 Å². The average Bonchev–Trinajstić information content (AvgIpc) is 2.12. The predicted molar refractivity (Wildman–Crippen MR) is 59.8 cm³/mol. The number of halogens is 1. The summed E-state index contributed by atoms with van der Waals surface area (Å²) in [7, 11) is 0. The van der Waals surface area contributed by atoms with Crippen LogP contribution in [0, 0.1) is 0 Å². The largest absolute Gasteiger partial charge is 0.398 e. The number of anilines is 2. The van der Waals surface area contributed by atoms with Crippen molar-refractivity contribution in [1.29, 1.82) is 0 Å². The number of hydrogen-bond donors (Lipinski definition) is 2. The highest BCUT2D eigenvalue weighted by Gasteiger charge is 2.21. The van der Waals surface area contributed by atoms with Crippen LogP contribution in [0.5, 0.6) is 0 Å². The number of nitrogens with two attached hydrogens (primary N) is 2. The van der Waals surface area contributed by atoms with Gasteiger partial charge in [-0.1, -0.05) is 0 Å². The van der Waals surface area contributed by atoms with Gasteiger partial charge in [0.1, 0.15) is 0 Å². The van der Waals surface area contributed by atoms with Crippen molar-refractivity contribution in [2.24, 2.45) is 0 Å². The second kappa shape index (κ2) is 3.88. The molecular weight excluding hydrogens is 200 g/mol. The molecular formula is C10H13ClN2O. The molecule has 1 aromatic carbocycles. The minimum atomic E-state index is 0. The highest BCUT2D eigenvalue weighted by Crippen LogP contribution is 2.30. The van der Waals surface area contributed by atoms with Crippen LogP contribution in [0.2, 0.25) is 0 Å². The maximum Gasteiger partial charge on any atom is 0.165 e. The molecule has 0 aliphatic heterocycles. The van der Waals surface area contributed by atoms with Crippen molar-refractivity contribution in [3.8, 4) is 0 Å². The fourth-order valence-corrected chi connectivity index (χ4v) is 1.83. The maximum absolute atomic E-state index is 11.5. The number of nitrogen functional groups attached to an aromatic ring is 2. The van der Waals surface area contributed by atoms with Gasteiger partial charge in [0.15, 0.2) is 5.78 Å². The number of benzene rings is 1. The summed E-state index contributed by atoms with van der Waals surface area (Å²) in [6, 6.07) is 3.48. The summed E-state index contributed by atoms with van der Waals surface area (Å²) < 4.78 is 0. The molecule has 0 aromatic heterocycles. The van der Waals surface area contributed by atoms with Crippen molar-refractivity contribution in [3.05, 3.63) is 23.3 Å². The van der Waals surface area contributed by atoms with E-state index in [-0.39, 0.29) is 18.2 Å². The first-order valence-corrected chi connectivity index (χ1v) is 4.40. The predicted octanol–water partition coefficient (Wildman–Crippen LogP) is 1.79. The second-order valence-electron chi connectivity index (χ2n) is 3.37. The van der Waals surface area contributed by atoms with Crippen LogP contribution in [-0.2, 0) is 6.42 Å². The zero-order chi connectivity index (χ0) is 9.42. The first-order chi connectivity index (χ1) is 6.20. The molecule has 4 N–H and O–H groups in total. The van der Waals surface area contributed by atoms with E-state index in [1.807, 2.05) is 0 Å². The van der Waals surface area contributed by atoms with Crippen LogP contribution < -0.4 is 11.5 Å². The molecule has 0 heterocycles. The van der Waals surface area contributed by atoms with Crippen molar-refractivity contribution >= 4 is 29.6 Å². The van der Waals surface area contributed by atoms with Gasteiger partial charge in [0.05, 0.1) is 0 Å². The van der Waals surface area contributed by atoms with Crippen LogP contribution in [0.15, 0.2) is 12.1 Å². The van der Waals surface area contributed by atoms with Crippen LogP contribution >= 0.6 is 12.4 Å². The summed E-state index contributed by atoms with van der Waals surface area (Å²) >= 11 is 0. The molecule has 14 heavy (non-hydrogen) atoms. The first kappa shape index (κ1) is 10.9. The van der Waals surface area contributed by atoms with E-state index in [0.29, 0.717) is 23.4 Å². The minimum Gasteiger partial charge on any atom is -0.398 e. The van der Waals surface area contributed by atoms with Crippen LogP contribution in [0.1, 0.15) is 28.8 Å². The van der Waals surface area contributed by atoms with Crippen molar-refractivity contribution in [2.45, 2.75) is 19.3 Å². The standard InChI is InChI=1S/C10H12N2O.ClH/c11-7-4-5-8(12)10-6(7)2-1-3-9(10)13;/h4-5H,1-3,11-12H2;1H. The van der Waals surface area contributed by atoms with E-state index in [2.05, 4.69) is 0 Å². The molecule has 0 unspecified atom stereocenters. The van der Waals surface area contributed by atoms with Gasteiger partial charge in [0.25, 0.3) is 0 Å². The van der Waals surface area contributed by atoms with Crippen molar-refractivity contribution in [3.63, 3.8) is 0 Å². The van der Waals surface area contributed by atoms with Gasteiger partial charge in [-0.3, -0.25) is 4.79 Å². The summed E-state index contributed by atoms with van der Waals surface area (Å²) in [6.45, 7) is 0. The van der Waals surface area contributed by atoms with Crippen LogP contribution in [0.25, 0.3) is 0 Å². The molecule has 0 radical (unpaired) electrons. The Bertz CT molecular complexity index is 377. The lowest BCUT2D eigenvalue weighted by atomic mass is 9.88. The number of fused-ring (bicyclic) bond motifs is 1. The summed E-state index contributed by atoms with van der Waals surface area (Å²) in [6.07, 6.45) is 2.36. The molecule has 0 atom stereocenters. The average molecular weight is 213 g/mol. The summed E-state index contributed by atoms with van der Waals surface area (Å²) in [4.78, 5) is 11.5. The van der Waals surface area contributed by atoms with Crippen LogP contribution in [0.4, 0.5) is 11.4 Å². The number of hydrogen-bond acceptors (Lipinski definition) is 3. The number of carbonyl (C=O) groups is 1. The summed E-state index contributed by atoms with van der Waals surface area (Å²) in [5.74, 6) is 0.131. The van der Waals surface area contributed by atoms with Crippen molar-refractivity contribution in [1.82, 2.24) is 0 Å². The van der Waals surface area contributed by atoms with Gasteiger partial charge >= 0.3 is 0 Å². The number of ketones is 1. The van der Waals surface area contributed by atoms with Gasteiger partial charge < -0.3 is 11.5 Å². The molecule has 76 valence electrons. The normalized spacial score (nSPS) is 14.4. The number of carbonyl (C=O) groups excluding carboxylic acids is 1. The summed E-state index contributed by atoms with van der Waals surface area (Å²) in [5, 5.41) is 0.